The monoisotopic (exact) mass is 222 g/mol. The van der Waals surface area contributed by atoms with Crippen LogP contribution in [-0.2, 0) is 0 Å². The molecule has 0 spiro atoms. The number of rotatable bonds is 1. The van der Waals surface area contributed by atoms with Gasteiger partial charge in [-0.05, 0) is 6.07 Å². The van der Waals surface area contributed by atoms with Gasteiger partial charge in [0.15, 0.2) is 11.6 Å². The maximum atomic E-state index is 12.8. The van der Waals surface area contributed by atoms with Gasteiger partial charge in [0.05, 0.1) is 23.5 Å². The maximum absolute atomic E-state index is 12.8. The normalized spacial score (nSPS) is 8.81. The summed E-state index contributed by atoms with van der Waals surface area (Å²) in [5, 5.41) is 18.7. The number of hydrogen-bond acceptors (Lipinski definition) is 3. The van der Waals surface area contributed by atoms with Crippen molar-refractivity contribution in [3.63, 3.8) is 0 Å². The van der Waals surface area contributed by atoms with Crippen molar-refractivity contribution in [2.75, 3.05) is 0 Å². The van der Waals surface area contributed by atoms with Crippen molar-refractivity contribution in [3.8, 4) is 17.9 Å². The van der Waals surface area contributed by atoms with Crippen LogP contribution >= 0.6 is 0 Å². The van der Waals surface area contributed by atoms with Gasteiger partial charge in [0.2, 0.25) is 0 Å². The first kappa shape index (κ1) is 11.6. The van der Waals surface area contributed by atoms with Crippen LogP contribution in [0, 0.1) is 44.9 Å². The first-order valence-corrected chi connectivity index (χ1v) is 4.05. The molecule has 0 saturated carbocycles. The third-order valence-electron chi connectivity index (χ3n) is 1.63. The van der Waals surface area contributed by atoms with Crippen LogP contribution in [0.3, 0.4) is 0 Å². The van der Waals surface area contributed by atoms with Gasteiger partial charge in [0.1, 0.15) is 5.56 Å². The molecule has 0 N–H and O–H groups in total. The molecule has 0 heterocycles. The molecule has 1 aromatic carbocycles. The summed E-state index contributed by atoms with van der Waals surface area (Å²) in [5.41, 5.74) is -0.872. The standard InChI is InChI=1S/C10H4F2N2O2/c11-8-5-7(3-1-2-4-13)10(14(15)16)6-9(8)12/h5-6H,2H2. The van der Waals surface area contributed by atoms with Crippen molar-refractivity contribution in [3.05, 3.63) is 39.4 Å². The van der Waals surface area contributed by atoms with Crippen molar-refractivity contribution >= 4 is 5.69 Å². The number of halogens is 2. The Morgan fingerprint density at radius 2 is 2.00 bits per heavy atom. The Balaban J connectivity index is 3.28. The fourth-order valence-electron chi connectivity index (χ4n) is 0.966. The molecule has 0 aliphatic carbocycles. The van der Waals surface area contributed by atoms with E-state index < -0.39 is 22.2 Å². The van der Waals surface area contributed by atoms with Crippen LogP contribution in [-0.4, -0.2) is 4.92 Å². The summed E-state index contributed by atoms with van der Waals surface area (Å²) in [7, 11) is 0. The highest BCUT2D eigenvalue weighted by molar-refractivity contribution is 5.51. The summed E-state index contributed by atoms with van der Waals surface area (Å²) in [6.45, 7) is 0. The molecule has 16 heavy (non-hydrogen) atoms. The van der Waals surface area contributed by atoms with Gasteiger partial charge in [-0.15, -0.1) is 0 Å². The molecular formula is C10H4F2N2O2. The van der Waals surface area contributed by atoms with E-state index >= 15 is 0 Å². The Kier molecular flexibility index (Phi) is 3.52. The van der Waals surface area contributed by atoms with Crippen LogP contribution in [0.1, 0.15) is 12.0 Å². The molecule has 0 aliphatic rings. The minimum atomic E-state index is -1.31. The van der Waals surface area contributed by atoms with Crippen LogP contribution in [0.15, 0.2) is 12.1 Å². The third kappa shape index (κ3) is 2.52. The van der Waals surface area contributed by atoms with Gasteiger partial charge in [-0.25, -0.2) is 8.78 Å². The highest BCUT2D eigenvalue weighted by atomic mass is 19.2. The fraction of sp³-hybridized carbons (Fsp3) is 0.100. The highest BCUT2D eigenvalue weighted by Crippen LogP contribution is 2.21. The molecule has 6 heteroatoms. The number of nitriles is 1. The lowest BCUT2D eigenvalue weighted by atomic mass is 10.1. The molecule has 1 aromatic rings. The first-order chi connectivity index (χ1) is 7.56. The molecule has 0 atom stereocenters. The van der Waals surface area contributed by atoms with E-state index in [1.54, 1.807) is 6.07 Å². The van der Waals surface area contributed by atoms with E-state index in [9.17, 15) is 18.9 Å². The van der Waals surface area contributed by atoms with E-state index in [1.807, 2.05) is 0 Å². The number of nitrogens with zero attached hydrogens (tertiary/aromatic N) is 2. The topological polar surface area (TPSA) is 66.9 Å². The predicted molar refractivity (Wildman–Crippen MR) is 50.1 cm³/mol. The molecule has 4 nitrogen and oxygen atoms in total. The third-order valence-corrected chi connectivity index (χ3v) is 1.63. The molecule has 0 bridgehead atoms. The zero-order chi connectivity index (χ0) is 12.1. The second-order valence-electron chi connectivity index (χ2n) is 2.68. The first-order valence-electron chi connectivity index (χ1n) is 4.05. The fourth-order valence-corrected chi connectivity index (χ4v) is 0.966. The Labute approximate surface area is 89.3 Å². The van der Waals surface area contributed by atoms with E-state index in [2.05, 4.69) is 11.8 Å². The van der Waals surface area contributed by atoms with E-state index in [1.165, 1.54) is 0 Å². The van der Waals surface area contributed by atoms with E-state index in [4.69, 9.17) is 5.26 Å². The summed E-state index contributed by atoms with van der Waals surface area (Å²) >= 11 is 0. The Bertz CT molecular complexity index is 538. The molecular weight excluding hydrogens is 218 g/mol. The van der Waals surface area contributed by atoms with Crippen molar-refractivity contribution in [2.24, 2.45) is 0 Å². The van der Waals surface area contributed by atoms with Crippen LogP contribution in [0.5, 0.6) is 0 Å². The summed E-state index contributed by atoms with van der Waals surface area (Å²) in [6, 6.07) is 2.80. The van der Waals surface area contributed by atoms with Crippen molar-refractivity contribution in [1.29, 1.82) is 5.26 Å². The molecule has 1 rings (SSSR count). The maximum Gasteiger partial charge on any atom is 0.288 e. The van der Waals surface area contributed by atoms with Gasteiger partial charge in [-0.1, -0.05) is 11.8 Å². The largest absolute Gasteiger partial charge is 0.288 e. The van der Waals surface area contributed by atoms with Crippen molar-refractivity contribution in [1.82, 2.24) is 0 Å². The quantitative estimate of drug-likeness (QED) is 0.415. The van der Waals surface area contributed by atoms with Gasteiger partial charge in [0, 0.05) is 0 Å². The molecule has 80 valence electrons. The smallest absolute Gasteiger partial charge is 0.258 e. The Morgan fingerprint density at radius 3 is 2.56 bits per heavy atom. The van der Waals surface area contributed by atoms with E-state index in [-0.39, 0.29) is 12.0 Å². The Morgan fingerprint density at radius 1 is 1.38 bits per heavy atom. The summed E-state index contributed by atoms with van der Waals surface area (Å²) in [4.78, 5) is 9.64. The average molecular weight is 222 g/mol. The van der Waals surface area contributed by atoms with Crippen LogP contribution in [0.4, 0.5) is 14.5 Å². The summed E-state index contributed by atoms with van der Waals surface area (Å²) in [5.74, 6) is 2.01. The van der Waals surface area contributed by atoms with Gasteiger partial charge < -0.3 is 0 Å². The summed E-state index contributed by atoms with van der Waals surface area (Å²) < 4.78 is 25.5. The lowest BCUT2D eigenvalue weighted by Gasteiger charge is -1.97. The molecule has 0 aliphatic heterocycles. The molecule has 0 unspecified atom stereocenters. The number of hydrogen-bond donors (Lipinski definition) is 0. The average Bonchev–Trinajstić information content (AvgIpc) is 2.23. The van der Waals surface area contributed by atoms with Crippen LogP contribution in [0.25, 0.3) is 0 Å². The highest BCUT2D eigenvalue weighted by Gasteiger charge is 2.16. The zero-order valence-electron chi connectivity index (χ0n) is 7.83. The van der Waals surface area contributed by atoms with Crippen molar-refractivity contribution in [2.45, 2.75) is 6.42 Å². The lowest BCUT2D eigenvalue weighted by molar-refractivity contribution is -0.385. The molecule has 0 aromatic heterocycles. The van der Waals surface area contributed by atoms with Gasteiger partial charge in [-0.2, -0.15) is 5.26 Å². The van der Waals surface area contributed by atoms with Gasteiger partial charge in [-0.3, -0.25) is 10.1 Å². The van der Waals surface area contributed by atoms with E-state index in [0.717, 1.165) is 0 Å². The zero-order valence-corrected chi connectivity index (χ0v) is 7.83. The Hall–Kier alpha value is -2.47. The predicted octanol–water partition coefficient (Wildman–Crippen LogP) is 2.14. The minimum absolute atomic E-state index is 0.143. The van der Waals surface area contributed by atoms with E-state index in [0.29, 0.717) is 12.1 Å². The molecule has 0 fully saturated rings. The van der Waals surface area contributed by atoms with Gasteiger partial charge >= 0.3 is 0 Å². The van der Waals surface area contributed by atoms with Crippen LogP contribution in [0.2, 0.25) is 0 Å². The summed E-state index contributed by atoms with van der Waals surface area (Å²) in [6.07, 6.45) is -0.143. The minimum Gasteiger partial charge on any atom is -0.258 e. The second-order valence-corrected chi connectivity index (χ2v) is 2.68. The lowest BCUT2D eigenvalue weighted by Crippen LogP contribution is -1.96. The molecule has 0 saturated heterocycles. The van der Waals surface area contributed by atoms with Gasteiger partial charge in [0.25, 0.3) is 5.69 Å². The van der Waals surface area contributed by atoms with Crippen LogP contribution < -0.4 is 0 Å². The SMILES string of the molecule is N#CCC#Cc1cc(F)c(F)cc1[N+](=O)[O-]. The number of nitro benzene ring substituents is 1. The molecule has 0 amide bonds. The number of benzene rings is 1. The van der Waals surface area contributed by atoms with Crippen molar-refractivity contribution < 1.29 is 13.7 Å². The molecule has 0 radical (unpaired) electrons. The number of nitro groups is 1. The second kappa shape index (κ2) is 4.85.